The number of fused-ring (bicyclic) bond motifs is 1. The summed E-state index contributed by atoms with van der Waals surface area (Å²) < 4.78 is 21.2. The summed E-state index contributed by atoms with van der Waals surface area (Å²) in [5.41, 5.74) is 4.12. The number of hydrogen-bond donors (Lipinski definition) is 1. The lowest BCUT2D eigenvalue weighted by Crippen LogP contribution is -2.19. The molecule has 0 aliphatic carbocycles. The zero-order valence-corrected chi connectivity index (χ0v) is 10.7. The number of nitrogens with zero attached hydrogens (tertiary/aromatic N) is 2. The summed E-state index contributed by atoms with van der Waals surface area (Å²) in [6.07, 6.45) is 2.84. The average molecular weight is 265 g/mol. The molecule has 1 fully saturated rings. The van der Waals surface area contributed by atoms with Crippen LogP contribution in [-0.2, 0) is 9.57 Å². The van der Waals surface area contributed by atoms with E-state index in [1.54, 1.807) is 10.7 Å². The molecule has 2 heterocycles. The minimum absolute atomic E-state index is 0.165. The summed E-state index contributed by atoms with van der Waals surface area (Å²) >= 11 is 0. The van der Waals surface area contributed by atoms with Crippen LogP contribution in [0, 0.1) is 5.95 Å². The first kappa shape index (κ1) is 12.4. The SMILES string of the molecule is CONc1ccc2c(c1)c(F)nn2C1CCCCO1. The van der Waals surface area contributed by atoms with Crippen LogP contribution in [-0.4, -0.2) is 23.5 Å². The van der Waals surface area contributed by atoms with Gasteiger partial charge in [-0.05, 0) is 37.5 Å². The molecule has 1 N–H and O–H groups in total. The van der Waals surface area contributed by atoms with Gasteiger partial charge in [-0.15, -0.1) is 5.10 Å². The van der Waals surface area contributed by atoms with E-state index in [0.717, 1.165) is 24.8 Å². The van der Waals surface area contributed by atoms with Crippen molar-refractivity contribution in [2.45, 2.75) is 25.5 Å². The third kappa shape index (κ3) is 2.29. The largest absolute Gasteiger partial charge is 0.356 e. The van der Waals surface area contributed by atoms with Gasteiger partial charge in [-0.2, -0.15) is 4.39 Å². The van der Waals surface area contributed by atoms with Gasteiger partial charge in [0.25, 0.3) is 0 Å². The summed E-state index contributed by atoms with van der Waals surface area (Å²) in [4.78, 5) is 4.82. The van der Waals surface area contributed by atoms with Crippen LogP contribution >= 0.6 is 0 Å². The minimum Gasteiger partial charge on any atom is -0.356 e. The molecule has 3 rings (SSSR count). The number of nitrogens with one attached hydrogen (secondary N) is 1. The van der Waals surface area contributed by atoms with E-state index in [2.05, 4.69) is 10.6 Å². The Bertz CT molecular complexity index is 579. The zero-order chi connectivity index (χ0) is 13.2. The van der Waals surface area contributed by atoms with Gasteiger partial charge >= 0.3 is 0 Å². The van der Waals surface area contributed by atoms with Gasteiger partial charge in [0.2, 0.25) is 5.95 Å². The normalized spacial score (nSPS) is 19.8. The molecule has 102 valence electrons. The Labute approximate surface area is 110 Å². The van der Waals surface area contributed by atoms with E-state index >= 15 is 0 Å². The molecule has 1 atom stereocenters. The zero-order valence-electron chi connectivity index (χ0n) is 10.7. The van der Waals surface area contributed by atoms with Gasteiger partial charge in [0, 0.05) is 6.61 Å². The third-order valence-corrected chi connectivity index (χ3v) is 3.31. The van der Waals surface area contributed by atoms with Crippen molar-refractivity contribution in [2.75, 3.05) is 19.2 Å². The average Bonchev–Trinajstić information content (AvgIpc) is 2.78. The Balaban J connectivity index is 2.01. The van der Waals surface area contributed by atoms with Crippen LogP contribution in [0.3, 0.4) is 0 Å². The van der Waals surface area contributed by atoms with Gasteiger partial charge in [0.15, 0.2) is 6.23 Å². The van der Waals surface area contributed by atoms with E-state index in [1.165, 1.54) is 7.11 Å². The second-order valence-electron chi connectivity index (χ2n) is 4.59. The number of halogens is 1. The van der Waals surface area contributed by atoms with Crippen molar-refractivity contribution < 1.29 is 14.0 Å². The van der Waals surface area contributed by atoms with Gasteiger partial charge in [0.1, 0.15) is 0 Å². The quantitative estimate of drug-likeness (QED) is 0.867. The smallest absolute Gasteiger partial charge is 0.240 e. The highest BCUT2D eigenvalue weighted by atomic mass is 19.1. The molecule has 2 aromatic rings. The first-order valence-electron chi connectivity index (χ1n) is 6.38. The Hall–Kier alpha value is -1.66. The first-order chi connectivity index (χ1) is 9.29. The topological polar surface area (TPSA) is 48.3 Å². The van der Waals surface area contributed by atoms with E-state index in [9.17, 15) is 4.39 Å². The Morgan fingerprint density at radius 2 is 2.37 bits per heavy atom. The number of benzene rings is 1. The van der Waals surface area contributed by atoms with Crippen molar-refractivity contribution in [3.63, 3.8) is 0 Å². The molecule has 0 spiro atoms. The molecule has 1 unspecified atom stereocenters. The number of hydrogen-bond acceptors (Lipinski definition) is 4. The molecule has 6 heteroatoms. The molecule has 5 nitrogen and oxygen atoms in total. The summed E-state index contributed by atoms with van der Waals surface area (Å²) in [6, 6.07) is 5.33. The van der Waals surface area contributed by atoms with E-state index < -0.39 is 5.95 Å². The fourth-order valence-electron chi connectivity index (χ4n) is 2.42. The Morgan fingerprint density at radius 3 is 3.11 bits per heavy atom. The van der Waals surface area contributed by atoms with Crippen LogP contribution in [0.25, 0.3) is 10.9 Å². The van der Waals surface area contributed by atoms with Crippen molar-refractivity contribution in [3.05, 3.63) is 24.1 Å². The highest BCUT2D eigenvalue weighted by Gasteiger charge is 2.21. The van der Waals surface area contributed by atoms with Crippen molar-refractivity contribution in [2.24, 2.45) is 0 Å². The van der Waals surface area contributed by atoms with Crippen molar-refractivity contribution in [1.29, 1.82) is 0 Å². The molecular formula is C13H16FN3O2. The number of ether oxygens (including phenoxy) is 1. The predicted molar refractivity (Wildman–Crippen MR) is 69.2 cm³/mol. The maximum Gasteiger partial charge on any atom is 0.240 e. The lowest BCUT2D eigenvalue weighted by molar-refractivity contribution is -0.0375. The first-order valence-corrected chi connectivity index (χ1v) is 6.38. The molecule has 0 radical (unpaired) electrons. The molecule has 1 aliphatic rings. The lowest BCUT2D eigenvalue weighted by atomic mass is 10.2. The summed E-state index contributed by atoms with van der Waals surface area (Å²) in [6.45, 7) is 0.705. The van der Waals surface area contributed by atoms with E-state index in [-0.39, 0.29) is 6.23 Å². The van der Waals surface area contributed by atoms with Crippen LogP contribution in [0.4, 0.5) is 10.1 Å². The van der Waals surface area contributed by atoms with Gasteiger partial charge in [-0.25, -0.2) is 4.68 Å². The fourth-order valence-corrected chi connectivity index (χ4v) is 2.42. The van der Waals surface area contributed by atoms with Gasteiger partial charge < -0.3 is 4.74 Å². The predicted octanol–water partition coefficient (Wildman–Crippen LogP) is 2.85. The number of aromatic nitrogens is 2. The third-order valence-electron chi connectivity index (χ3n) is 3.31. The van der Waals surface area contributed by atoms with Crippen LogP contribution < -0.4 is 5.48 Å². The van der Waals surface area contributed by atoms with E-state index in [4.69, 9.17) is 9.57 Å². The molecule has 1 aromatic heterocycles. The van der Waals surface area contributed by atoms with Gasteiger partial charge in [0.05, 0.1) is 23.7 Å². The maximum absolute atomic E-state index is 13.9. The van der Waals surface area contributed by atoms with Crippen LogP contribution in [0.2, 0.25) is 0 Å². The fraction of sp³-hybridized carbons (Fsp3) is 0.462. The number of anilines is 1. The molecule has 0 amide bonds. The molecule has 1 aromatic carbocycles. The van der Waals surface area contributed by atoms with Gasteiger partial charge in [-0.1, -0.05) is 0 Å². The highest BCUT2D eigenvalue weighted by molar-refractivity contribution is 5.83. The molecule has 0 bridgehead atoms. The van der Waals surface area contributed by atoms with E-state index in [1.807, 2.05) is 12.1 Å². The molecule has 1 saturated heterocycles. The van der Waals surface area contributed by atoms with Crippen molar-refractivity contribution in [1.82, 2.24) is 9.78 Å². The summed E-state index contributed by atoms with van der Waals surface area (Å²) in [7, 11) is 1.51. The monoisotopic (exact) mass is 265 g/mol. The Kier molecular flexibility index (Phi) is 3.35. The summed E-state index contributed by atoms with van der Waals surface area (Å²) in [5, 5.41) is 4.44. The minimum atomic E-state index is -0.482. The van der Waals surface area contributed by atoms with Crippen molar-refractivity contribution >= 4 is 16.6 Å². The standard InChI is InChI=1S/C13H16FN3O2/c1-18-16-9-5-6-11-10(8-9)13(14)15-17(11)12-4-2-3-7-19-12/h5-6,8,12,16H,2-4,7H2,1H3. The maximum atomic E-state index is 13.9. The molecular weight excluding hydrogens is 249 g/mol. The number of rotatable bonds is 3. The van der Waals surface area contributed by atoms with Crippen LogP contribution in [0.5, 0.6) is 0 Å². The molecule has 19 heavy (non-hydrogen) atoms. The molecule has 0 saturated carbocycles. The Morgan fingerprint density at radius 1 is 1.47 bits per heavy atom. The summed E-state index contributed by atoms with van der Waals surface area (Å²) in [5.74, 6) is -0.482. The second-order valence-corrected chi connectivity index (χ2v) is 4.59. The second kappa shape index (κ2) is 5.14. The van der Waals surface area contributed by atoms with Crippen molar-refractivity contribution in [3.8, 4) is 0 Å². The van der Waals surface area contributed by atoms with Crippen LogP contribution in [0.1, 0.15) is 25.5 Å². The molecule has 1 aliphatic heterocycles. The highest BCUT2D eigenvalue weighted by Crippen LogP contribution is 2.29. The van der Waals surface area contributed by atoms with Gasteiger partial charge in [-0.3, -0.25) is 10.3 Å². The lowest BCUT2D eigenvalue weighted by Gasteiger charge is -2.23. The van der Waals surface area contributed by atoms with E-state index in [0.29, 0.717) is 17.7 Å². The van der Waals surface area contributed by atoms with Crippen LogP contribution in [0.15, 0.2) is 18.2 Å².